The van der Waals surface area contributed by atoms with E-state index in [0.717, 1.165) is 0 Å². The Morgan fingerprint density at radius 2 is 1.39 bits per heavy atom. The van der Waals surface area contributed by atoms with Crippen molar-refractivity contribution in [1.82, 2.24) is 0 Å². The van der Waals surface area contributed by atoms with Crippen LogP contribution < -0.4 is 0 Å². The molecule has 5 aromatic carbocycles. The third-order valence-electron chi connectivity index (χ3n) is 6.29. The molecule has 36 heavy (non-hydrogen) atoms. The van der Waals surface area contributed by atoms with E-state index in [2.05, 4.69) is 139 Å². The Labute approximate surface area is 237 Å². The van der Waals surface area contributed by atoms with Gasteiger partial charge in [0.25, 0.3) is 0 Å². The number of rotatable bonds is 2. The van der Waals surface area contributed by atoms with Crippen molar-refractivity contribution < 1.29 is 23.3 Å². The molecule has 0 saturated carbocycles. The van der Waals surface area contributed by atoms with Crippen LogP contribution in [-0.2, 0) is 28.8 Å². The summed E-state index contributed by atoms with van der Waals surface area (Å²) in [6, 6.07) is 33.1. The van der Waals surface area contributed by atoms with Gasteiger partial charge in [-0.15, -0.1) is 75.6 Å². The van der Waals surface area contributed by atoms with Gasteiger partial charge in [-0.3, -0.25) is 0 Å². The molecule has 0 aromatic heterocycles. The third kappa shape index (κ3) is 7.50. The second-order valence-corrected chi connectivity index (χ2v) is 10.2. The molecule has 0 nitrogen and oxygen atoms in total. The first-order valence-electron chi connectivity index (χ1n) is 11.9. The van der Waals surface area contributed by atoms with Crippen LogP contribution in [0.5, 0.6) is 0 Å². The molecule has 0 N–H and O–H groups in total. The van der Waals surface area contributed by atoms with Gasteiger partial charge in [-0.25, -0.2) is 0 Å². The van der Waals surface area contributed by atoms with Gasteiger partial charge >= 0.3 is 30.2 Å². The van der Waals surface area contributed by atoms with Gasteiger partial charge in [-0.05, 0) is 16.5 Å². The van der Waals surface area contributed by atoms with Crippen molar-refractivity contribution in [2.75, 3.05) is 0 Å². The molecule has 0 aliphatic heterocycles. The second-order valence-electron chi connectivity index (χ2n) is 10.2. The van der Waals surface area contributed by atoms with Crippen molar-refractivity contribution in [3.8, 4) is 11.1 Å². The number of fused-ring (bicyclic) bond motifs is 2. The van der Waals surface area contributed by atoms with Crippen LogP contribution in [0.2, 0.25) is 0 Å². The van der Waals surface area contributed by atoms with E-state index >= 15 is 0 Å². The van der Waals surface area contributed by atoms with Gasteiger partial charge in [0.1, 0.15) is 0 Å². The van der Waals surface area contributed by atoms with E-state index in [-0.39, 0.29) is 20.3 Å². The fraction of sp³-hybridized carbons (Fsp3) is 0.235. The molecule has 188 valence electrons. The average molecular weight is 568 g/mol. The minimum absolute atomic E-state index is 0. The fourth-order valence-electron chi connectivity index (χ4n) is 4.46. The summed E-state index contributed by atoms with van der Waals surface area (Å²) >= 11 is 1.36. The molecule has 0 unspecified atom stereocenters. The fourth-order valence-corrected chi connectivity index (χ4v) is 4.46. The van der Waals surface area contributed by atoms with Crippen LogP contribution in [0.15, 0.2) is 91.0 Å². The maximum atomic E-state index is 3.06. The van der Waals surface area contributed by atoms with Crippen LogP contribution >= 0.6 is 0 Å². The van der Waals surface area contributed by atoms with Gasteiger partial charge < -0.3 is 14.9 Å². The Hall–Kier alpha value is -2.02. The Morgan fingerprint density at radius 3 is 2.00 bits per heavy atom. The molecule has 0 fully saturated rings. The zero-order valence-corrected chi connectivity index (χ0v) is 26.7. The van der Waals surface area contributed by atoms with Crippen LogP contribution in [0.25, 0.3) is 32.7 Å². The van der Waals surface area contributed by atoms with Gasteiger partial charge in [-0.1, -0.05) is 89.4 Å². The molecular formula is C34H40SiZr-4. The molecule has 2 heteroatoms. The van der Waals surface area contributed by atoms with Crippen LogP contribution in [0, 0.1) is 21.8 Å². The summed E-state index contributed by atoms with van der Waals surface area (Å²) in [4.78, 5) is 0. The van der Waals surface area contributed by atoms with E-state index in [0.29, 0.717) is 5.92 Å². The molecule has 0 amide bonds. The van der Waals surface area contributed by atoms with Crippen LogP contribution in [0.3, 0.4) is 0 Å². The monoisotopic (exact) mass is 566 g/mol. The first-order valence-corrected chi connectivity index (χ1v) is 16.1. The van der Waals surface area contributed by atoms with Crippen LogP contribution in [-0.4, -0.2) is 6.88 Å². The minimum atomic E-state index is 0. The van der Waals surface area contributed by atoms with Gasteiger partial charge in [0.15, 0.2) is 0 Å². The van der Waals surface area contributed by atoms with Crippen LogP contribution in [0.4, 0.5) is 0 Å². The van der Waals surface area contributed by atoms with Crippen molar-refractivity contribution in [2.24, 2.45) is 0 Å². The molecule has 0 aliphatic rings. The number of hydrogen-bond donors (Lipinski definition) is 0. The zero-order valence-electron chi connectivity index (χ0n) is 23.2. The summed E-state index contributed by atoms with van der Waals surface area (Å²) in [7, 11) is 0. The summed E-state index contributed by atoms with van der Waals surface area (Å²) in [6.45, 7) is 16.5. The van der Waals surface area contributed by atoms with E-state index in [1.807, 2.05) is 0 Å². The van der Waals surface area contributed by atoms with E-state index in [1.165, 1.54) is 72.7 Å². The molecule has 0 aliphatic carbocycles. The summed E-state index contributed by atoms with van der Waals surface area (Å²) < 4.78 is 0. The molecule has 0 spiro atoms. The molecule has 0 bridgehead atoms. The number of aryl methyl sites for hydroxylation is 1. The molecular weight excluding hydrogens is 528 g/mol. The Morgan fingerprint density at radius 1 is 0.778 bits per heavy atom. The second kappa shape index (κ2) is 14.1. The maximum absolute atomic E-state index is 3.06. The van der Waals surface area contributed by atoms with E-state index < -0.39 is 0 Å². The summed E-state index contributed by atoms with van der Waals surface area (Å²) in [5.41, 5.74) is 7.02. The Bertz CT molecular complexity index is 1340. The Kier molecular flexibility index (Phi) is 12.5. The van der Waals surface area contributed by atoms with Gasteiger partial charge in [0, 0.05) is 0 Å². The molecule has 0 heterocycles. The first-order chi connectivity index (χ1) is 16.2. The summed E-state index contributed by atoms with van der Waals surface area (Å²) in [5, 5.41) is 5.46. The molecule has 5 aromatic rings. The van der Waals surface area contributed by atoms with Gasteiger partial charge in [0.05, 0.1) is 0 Å². The van der Waals surface area contributed by atoms with E-state index in [9.17, 15) is 0 Å². The first kappa shape index (κ1) is 32.0. The van der Waals surface area contributed by atoms with Crippen molar-refractivity contribution in [3.05, 3.63) is 123 Å². The molecule has 0 atom stereocenters. The Balaban J connectivity index is 0.000000350. The number of hydrogen-bond acceptors (Lipinski definition) is 0. The number of benzene rings is 3. The SMILES string of the molecule is CC(C)c1c[cH-]c2ccccc12.Cc1cc2c(-c3ccc(C(C)(C)C)cc3)cccc2[cH-]1.[CH3-].[CH3-].[Si]=[Zr]. The summed E-state index contributed by atoms with van der Waals surface area (Å²) in [6.07, 6.45) is 0. The van der Waals surface area contributed by atoms with Gasteiger partial charge in [-0.2, -0.15) is 11.6 Å². The predicted molar refractivity (Wildman–Crippen MR) is 161 cm³/mol. The zero-order chi connectivity index (χ0) is 24.9. The normalized spacial score (nSPS) is 10.5. The van der Waals surface area contributed by atoms with Gasteiger partial charge in [0.2, 0.25) is 0 Å². The van der Waals surface area contributed by atoms with Crippen LogP contribution in [0.1, 0.15) is 57.2 Å². The van der Waals surface area contributed by atoms with E-state index in [4.69, 9.17) is 0 Å². The quantitative estimate of drug-likeness (QED) is 0.147. The van der Waals surface area contributed by atoms with Crippen molar-refractivity contribution in [1.29, 1.82) is 0 Å². The molecule has 5 rings (SSSR count). The average Bonchev–Trinajstić information content (AvgIpc) is 3.43. The molecule has 0 saturated heterocycles. The van der Waals surface area contributed by atoms with E-state index in [1.54, 1.807) is 0 Å². The summed E-state index contributed by atoms with van der Waals surface area (Å²) in [5.74, 6) is 0.630. The van der Waals surface area contributed by atoms with Crippen molar-refractivity contribution >= 4 is 28.4 Å². The predicted octanol–water partition coefficient (Wildman–Crippen LogP) is 10.0. The molecule has 2 radical (unpaired) electrons. The standard InChI is InChI=1S/C20H21.C12H13.2CH3.Si.Zr/c1-14-12-16-6-5-7-18(19(16)13-14)15-8-10-17(11-9-15)20(2,3)4;1-9(2)11-8-7-10-5-3-4-6-12(10)11;;;;/h5-13H,1-4H3;3-9H,1-2H3;2*1H3;;/q4*-1;;. The third-order valence-corrected chi connectivity index (χ3v) is 6.29. The van der Waals surface area contributed by atoms with Crippen molar-refractivity contribution in [2.45, 2.75) is 52.9 Å². The topological polar surface area (TPSA) is 0 Å². The van der Waals surface area contributed by atoms with Crippen molar-refractivity contribution in [3.63, 3.8) is 0 Å².